The lowest BCUT2D eigenvalue weighted by atomic mass is 10.00. The Morgan fingerprint density at radius 2 is 1.20 bits per heavy atom. The van der Waals surface area contributed by atoms with E-state index in [-0.39, 0.29) is 59.7 Å². The summed E-state index contributed by atoms with van der Waals surface area (Å²) >= 11 is 0. The number of carbonyl (C=O) groups is 4. The van der Waals surface area contributed by atoms with Gasteiger partial charge in [-0.25, -0.2) is 19.0 Å². The summed E-state index contributed by atoms with van der Waals surface area (Å²) in [6.45, 7) is 9.41. The molecule has 15 nitrogen and oxygen atoms in total. The average Bonchev–Trinajstić information content (AvgIpc) is 4.19. The van der Waals surface area contributed by atoms with E-state index in [1.54, 1.807) is 0 Å². The van der Waals surface area contributed by atoms with Crippen molar-refractivity contribution >= 4 is 35.5 Å². The summed E-state index contributed by atoms with van der Waals surface area (Å²) in [4.78, 5) is 71.0. The number of rotatable bonds is 13. The fourth-order valence-corrected chi connectivity index (χ4v) is 10.2. The number of anilines is 1. The van der Waals surface area contributed by atoms with Crippen LogP contribution in [-0.2, 0) is 19.1 Å². The molecule has 1 unspecified atom stereocenters. The molecule has 0 aliphatic carbocycles. The molecule has 0 spiro atoms. The molecule has 0 saturated carbocycles. The molecule has 3 aromatic carbocycles. The summed E-state index contributed by atoms with van der Waals surface area (Å²) in [7, 11) is 2.58. The Balaban J connectivity index is 0.965. The number of H-pyrrole nitrogens is 1. The van der Waals surface area contributed by atoms with Crippen molar-refractivity contribution in [3.05, 3.63) is 107 Å². The number of imidazole rings is 1. The van der Waals surface area contributed by atoms with Gasteiger partial charge in [0.25, 0.3) is 0 Å². The fraction of sp³-hybridized carbons (Fsp3) is 0.480. The van der Waals surface area contributed by atoms with Crippen LogP contribution in [0.1, 0.15) is 113 Å². The number of hydrogen-bond donors (Lipinski definition) is 4. The second kappa shape index (κ2) is 20.0. The molecular weight excluding hydrogens is 842 g/mol. The Morgan fingerprint density at radius 3 is 1.74 bits per heavy atom. The van der Waals surface area contributed by atoms with Gasteiger partial charge in [0, 0.05) is 37.1 Å². The van der Waals surface area contributed by atoms with E-state index in [0.717, 1.165) is 78.0 Å². The maximum Gasteiger partial charge on any atom is 0.407 e. The van der Waals surface area contributed by atoms with E-state index in [1.165, 1.54) is 26.4 Å². The Labute approximate surface area is 385 Å². The minimum absolute atomic E-state index is 0.0378. The fourth-order valence-electron chi connectivity index (χ4n) is 10.2. The molecule has 4 aliphatic heterocycles. The first-order chi connectivity index (χ1) is 31.8. The molecule has 16 heteroatoms. The molecule has 3 saturated heterocycles. The third kappa shape index (κ3) is 9.59. The molecule has 4 amide bonds. The van der Waals surface area contributed by atoms with E-state index >= 15 is 0 Å². The zero-order valence-electron chi connectivity index (χ0n) is 38.6. The summed E-state index contributed by atoms with van der Waals surface area (Å²) in [5, 5.41) is 8.92. The molecule has 0 radical (unpaired) electrons. The third-order valence-corrected chi connectivity index (χ3v) is 13.7. The van der Waals surface area contributed by atoms with Crippen molar-refractivity contribution in [2.45, 2.75) is 109 Å². The van der Waals surface area contributed by atoms with Crippen molar-refractivity contribution in [2.75, 3.05) is 38.8 Å². The van der Waals surface area contributed by atoms with Crippen molar-refractivity contribution in [3.8, 4) is 11.3 Å². The summed E-state index contributed by atoms with van der Waals surface area (Å²) in [5.74, 6) is 0.710. The molecule has 0 bridgehead atoms. The van der Waals surface area contributed by atoms with Crippen LogP contribution in [0.4, 0.5) is 19.7 Å². The quantitative estimate of drug-likeness (QED) is 0.105. The van der Waals surface area contributed by atoms with Crippen LogP contribution >= 0.6 is 0 Å². The van der Waals surface area contributed by atoms with Crippen molar-refractivity contribution in [3.63, 3.8) is 0 Å². The van der Waals surface area contributed by atoms with Crippen LogP contribution < -0.4 is 20.9 Å². The number of amidine groups is 1. The number of aromatic nitrogens is 2. The van der Waals surface area contributed by atoms with Gasteiger partial charge in [-0.05, 0) is 91.3 Å². The number of nitrogens with one attached hydrogen (secondary N) is 4. The molecular formula is C50H62FN9O6. The predicted octanol–water partition coefficient (Wildman–Crippen LogP) is 7.76. The number of benzene rings is 3. The topological polar surface area (TPSA) is 174 Å². The molecule has 5 heterocycles. The molecule has 8 rings (SSSR count). The van der Waals surface area contributed by atoms with Crippen LogP contribution in [0.15, 0.2) is 84.0 Å². The molecule has 4 N–H and O–H groups in total. The molecule has 1 aromatic heterocycles. The maximum absolute atomic E-state index is 14.3. The molecule has 3 fully saturated rings. The Kier molecular flexibility index (Phi) is 13.9. The number of aromatic amines is 1. The van der Waals surface area contributed by atoms with Gasteiger partial charge >= 0.3 is 12.2 Å². The highest BCUT2D eigenvalue weighted by atomic mass is 19.1. The first-order valence-electron chi connectivity index (χ1n) is 23.3. The lowest BCUT2D eigenvalue weighted by Crippen LogP contribution is -2.54. The van der Waals surface area contributed by atoms with E-state index < -0.39 is 24.3 Å². The van der Waals surface area contributed by atoms with E-state index in [1.807, 2.05) is 55.8 Å². The van der Waals surface area contributed by atoms with Gasteiger partial charge in [0.05, 0.1) is 50.1 Å². The van der Waals surface area contributed by atoms with Gasteiger partial charge < -0.3 is 45.1 Å². The molecule has 4 aromatic rings. The lowest BCUT2D eigenvalue weighted by Gasteiger charge is -2.33. The number of halogens is 1. The molecule has 350 valence electrons. The summed E-state index contributed by atoms with van der Waals surface area (Å²) in [6.07, 6.45) is 5.66. The van der Waals surface area contributed by atoms with Gasteiger partial charge in [-0.2, -0.15) is 0 Å². The van der Waals surface area contributed by atoms with Crippen molar-refractivity contribution in [2.24, 2.45) is 16.8 Å². The predicted molar refractivity (Wildman–Crippen MR) is 249 cm³/mol. The number of alkyl carbamates (subject to hydrolysis) is 2. The molecule has 66 heavy (non-hydrogen) atoms. The number of hydrogen-bond acceptors (Lipinski definition) is 10. The van der Waals surface area contributed by atoms with E-state index in [0.29, 0.717) is 25.5 Å². The zero-order valence-corrected chi connectivity index (χ0v) is 38.6. The lowest BCUT2D eigenvalue weighted by molar-refractivity contribution is -0.135. The van der Waals surface area contributed by atoms with Crippen molar-refractivity contribution in [1.82, 2.24) is 35.7 Å². The highest BCUT2D eigenvalue weighted by Crippen LogP contribution is 2.47. The minimum Gasteiger partial charge on any atom is -0.453 e. The number of nitrogens with zero attached hydrogens (tertiary/aromatic N) is 5. The Bertz CT molecular complexity index is 2390. The van der Waals surface area contributed by atoms with Crippen LogP contribution in [-0.4, -0.2) is 102 Å². The SMILES string of the molecule is COC(=O)N[C@H](C(=O)N1CCC[C@H]1C1=NC(c2ccc([C@@H]3CC[C@@H](c4ccc(-c5c[nH]c([C@@H]6CCCN6C(=O)[C@@H](NC(=O)OC)C(C)C)n5)cc4)N3c3ccc(F)cc3)cc2)CN1)C(C)C. The molecule has 7 atom stereocenters. The first kappa shape index (κ1) is 46.1. The van der Waals surface area contributed by atoms with Crippen LogP contribution in [0.3, 0.4) is 0 Å². The van der Waals surface area contributed by atoms with Crippen molar-refractivity contribution in [1.29, 1.82) is 0 Å². The second-order valence-electron chi connectivity index (χ2n) is 18.5. The molecule has 4 aliphatic rings. The number of carbonyl (C=O) groups excluding carboxylic acids is 4. The average molecular weight is 904 g/mol. The van der Waals surface area contributed by atoms with Gasteiger partial charge in [-0.1, -0.05) is 76.2 Å². The summed E-state index contributed by atoms with van der Waals surface area (Å²) < 4.78 is 23.9. The third-order valence-electron chi connectivity index (χ3n) is 13.7. The van der Waals surface area contributed by atoms with Gasteiger partial charge in [0.15, 0.2) is 0 Å². The largest absolute Gasteiger partial charge is 0.453 e. The Hall–Kier alpha value is -6.45. The van der Waals surface area contributed by atoms with E-state index in [2.05, 4.69) is 74.4 Å². The number of ether oxygens (including phenoxy) is 2. The van der Waals surface area contributed by atoms with Gasteiger partial charge in [0.2, 0.25) is 11.8 Å². The van der Waals surface area contributed by atoms with Gasteiger partial charge in [-0.15, -0.1) is 0 Å². The van der Waals surface area contributed by atoms with E-state index in [9.17, 15) is 23.6 Å². The maximum atomic E-state index is 14.3. The normalized spacial score (nSPS) is 22.6. The highest BCUT2D eigenvalue weighted by molar-refractivity contribution is 5.95. The van der Waals surface area contributed by atoms with Crippen LogP contribution in [0.5, 0.6) is 0 Å². The second-order valence-corrected chi connectivity index (χ2v) is 18.5. The van der Waals surface area contributed by atoms with Gasteiger partial charge in [0.1, 0.15) is 29.6 Å². The zero-order chi connectivity index (χ0) is 46.6. The number of amides is 4. The first-order valence-corrected chi connectivity index (χ1v) is 23.3. The minimum atomic E-state index is -0.708. The van der Waals surface area contributed by atoms with E-state index in [4.69, 9.17) is 19.5 Å². The highest BCUT2D eigenvalue weighted by Gasteiger charge is 2.41. The Morgan fingerprint density at radius 1 is 0.682 bits per heavy atom. The van der Waals surface area contributed by atoms with Crippen LogP contribution in [0.2, 0.25) is 0 Å². The summed E-state index contributed by atoms with van der Waals surface area (Å²) in [5.41, 5.74) is 6.04. The van der Waals surface area contributed by atoms with Gasteiger partial charge in [-0.3, -0.25) is 14.6 Å². The number of aliphatic imine (C=N–C) groups is 1. The monoisotopic (exact) mass is 903 g/mol. The summed E-state index contributed by atoms with van der Waals surface area (Å²) in [6, 6.07) is 22.0. The number of likely N-dealkylation sites (tertiary alicyclic amines) is 2. The van der Waals surface area contributed by atoms with Crippen LogP contribution in [0.25, 0.3) is 11.3 Å². The number of methoxy groups -OCH3 is 2. The smallest absolute Gasteiger partial charge is 0.407 e. The van der Waals surface area contributed by atoms with Crippen molar-refractivity contribution < 1.29 is 33.0 Å². The van der Waals surface area contributed by atoms with Crippen LogP contribution in [0, 0.1) is 17.7 Å². The standard InChI is InChI=1S/C50H62FN9O6/c1-29(2)43(56-49(63)65-5)47(61)58-25-7-9-41(58)45-52-27-37(54-45)31-11-15-33(16-12-31)39-23-24-40(60(39)36-21-19-35(51)20-22-36)34-17-13-32(14-18-34)38-28-53-46(55-38)42-10-8-26-59(42)48(62)44(30(3)4)57-50(64)66-6/h11-22,27,29-30,38-44H,7-10,23-26,28H2,1-6H3,(H,52,54)(H,53,55)(H,56,63)(H,57,64)/t38?,39-,40-,41-,42-,43-,44-/m0/s1.